The topological polar surface area (TPSA) is 51.1 Å². The van der Waals surface area contributed by atoms with Gasteiger partial charge in [-0.25, -0.2) is 4.39 Å². The van der Waals surface area contributed by atoms with Crippen LogP contribution < -0.4 is 9.64 Å². The minimum atomic E-state index is -0.319. The second-order valence-corrected chi connectivity index (χ2v) is 4.69. The molecule has 0 heterocycles. The molecular formula is C17H17FN2O3. The Bertz CT molecular complexity index is 686. The molecule has 120 valence electrons. The zero-order chi connectivity index (χ0) is 16.7. The van der Waals surface area contributed by atoms with Crippen LogP contribution in [0.2, 0.25) is 0 Å². The van der Waals surface area contributed by atoms with Crippen LogP contribution in [0.4, 0.5) is 10.1 Å². The predicted molar refractivity (Wildman–Crippen MR) is 86.1 cm³/mol. The van der Waals surface area contributed by atoms with Gasteiger partial charge < -0.3 is 14.5 Å². The molecule has 1 amide bonds. The average molecular weight is 316 g/mol. The number of oxime groups is 1. The average Bonchev–Trinajstić information content (AvgIpc) is 2.58. The number of amides is 1. The van der Waals surface area contributed by atoms with Crippen LogP contribution in [0.5, 0.6) is 5.75 Å². The number of carbonyl (C=O) groups excluding carboxylic acids is 1. The second kappa shape index (κ2) is 7.93. The molecule has 2 aromatic carbocycles. The molecule has 0 atom stereocenters. The van der Waals surface area contributed by atoms with Crippen molar-refractivity contribution < 1.29 is 18.8 Å². The van der Waals surface area contributed by atoms with Crippen molar-refractivity contribution in [2.24, 2.45) is 5.16 Å². The first-order valence-electron chi connectivity index (χ1n) is 6.92. The van der Waals surface area contributed by atoms with Gasteiger partial charge in [-0.15, -0.1) is 0 Å². The molecule has 5 nitrogen and oxygen atoms in total. The fourth-order valence-electron chi connectivity index (χ4n) is 1.96. The van der Waals surface area contributed by atoms with E-state index in [0.29, 0.717) is 11.4 Å². The first-order chi connectivity index (χ1) is 11.1. The summed E-state index contributed by atoms with van der Waals surface area (Å²) in [5.41, 5.74) is 1.51. The molecule has 0 saturated heterocycles. The second-order valence-electron chi connectivity index (χ2n) is 4.69. The van der Waals surface area contributed by atoms with Crippen molar-refractivity contribution >= 4 is 17.8 Å². The molecule has 2 aromatic rings. The van der Waals surface area contributed by atoms with Crippen molar-refractivity contribution in [2.45, 2.75) is 6.61 Å². The van der Waals surface area contributed by atoms with Crippen LogP contribution in [0, 0.1) is 5.82 Å². The third-order valence-electron chi connectivity index (χ3n) is 3.16. The molecule has 0 unspecified atom stereocenters. The number of anilines is 1. The molecule has 6 heteroatoms. The molecule has 0 fully saturated rings. The molecule has 0 N–H and O–H groups in total. The first-order valence-corrected chi connectivity index (χ1v) is 6.92. The van der Waals surface area contributed by atoms with Crippen LogP contribution in [0.15, 0.2) is 53.7 Å². The Balaban J connectivity index is 2.12. The molecule has 0 aliphatic heterocycles. The zero-order valence-electron chi connectivity index (χ0n) is 12.9. The van der Waals surface area contributed by atoms with Crippen LogP contribution in [0.1, 0.15) is 5.56 Å². The van der Waals surface area contributed by atoms with Gasteiger partial charge in [0.15, 0.2) is 0 Å². The summed E-state index contributed by atoms with van der Waals surface area (Å²) in [5.74, 6) is -0.0854. The highest BCUT2D eigenvalue weighted by molar-refractivity contribution is 6.32. The van der Waals surface area contributed by atoms with E-state index in [0.717, 1.165) is 11.8 Å². The Kier molecular flexibility index (Phi) is 5.68. The van der Waals surface area contributed by atoms with Gasteiger partial charge in [0.1, 0.15) is 31.5 Å². The van der Waals surface area contributed by atoms with Crippen molar-refractivity contribution in [3.63, 3.8) is 0 Å². The summed E-state index contributed by atoms with van der Waals surface area (Å²) in [6, 6.07) is 13.1. The maximum absolute atomic E-state index is 12.9. The highest BCUT2D eigenvalue weighted by Crippen LogP contribution is 2.21. The third kappa shape index (κ3) is 4.54. The number of hydrogen-bond donors (Lipinski definition) is 0. The van der Waals surface area contributed by atoms with E-state index in [9.17, 15) is 9.18 Å². The summed E-state index contributed by atoms with van der Waals surface area (Å²) < 4.78 is 18.5. The highest BCUT2D eigenvalue weighted by atomic mass is 19.1. The molecule has 0 aliphatic rings. The van der Waals surface area contributed by atoms with Crippen molar-refractivity contribution in [1.29, 1.82) is 0 Å². The molecule has 0 spiro atoms. The SMILES string of the molecule is CON=CC(=O)N(C)c1ccccc1COc1ccc(F)cc1. The molecule has 23 heavy (non-hydrogen) atoms. The largest absolute Gasteiger partial charge is 0.489 e. The summed E-state index contributed by atoms with van der Waals surface area (Å²) in [4.78, 5) is 17.9. The maximum atomic E-state index is 12.9. The number of carbonyl (C=O) groups is 1. The highest BCUT2D eigenvalue weighted by Gasteiger charge is 2.13. The fraction of sp³-hybridized carbons (Fsp3) is 0.176. The lowest BCUT2D eigenvalue weighted by molar-refractivity contribution is -0.112. The number of rotatable bonds is 6. The smallest absolute Gasteiger partial charge is 0.272 e. The minimum Gasteiger partial charge on any atom is -0.489 e. The Morgan fingerprint density at radius 1 is 1.22 bits per heavy atom. The summed E-state index contributed by atoms with van der Waals surface area (Å²) in [6.07, 6.45) is 1.09. The Morgan fingerprint density at radius 3 is 2.61 bits per heavy atom. The summed E-state index contributed by atoms with van der Waals surface area (Å²) in [7, 11) is 3.01. The summed E-state index contributed by atoms with van der Waals surface area (Å²) >= 11 is 0. The van der Waals surface area contributed by atoms with Gasteiger partial charge in [0, 0.05) is 12.6 Å². The number of ether oxygens (including phenoxy) is 1. The molecule has 0 radical (unpaired) electrons. The lowest BCUT2D eigenvalue weighted by Gasteiger charge is -2.19. The Labute approximate surface area is 133 Å². The van der Waals surface area contributed by atoms with E-state index >= 15 is 0 Å². The van der Waals surface area contributed by atoms with Crippen LogP contribution in [0.3, 0.4) is 0 Å². The van der Waals surface area contributed by atoms with Gasteiger partial charge >= 0.3 is 0 Å². The first kappa shape index (κ1) is 16.5. The zero-order valence-corrected chi connectivity index (χ0v) is 12.9. The van der Waals surface area contributed by atoms with E-state index in [1.54, 1.807) is 19.2 Å². The van der Waals surface area contributed by atoms with Gasteiger partial charge in [-0.1, -0.05) is 23.4 Å². The molecule has 0 bridgehead atoms. The lowest BCUT2D eigenvalue weighted by atomic mass is 10.1. The number of para-hydroxylation sites is 1. The lowest BCUT2D eigenvalue weighted by Crippen LogP contribution is -2.28. The molecule has 2 rings (SSSR count). The van der Waals surface area contributed by atoms with E-state index in [4.69, 9.17) is 4.74 Å². The van der Waals surface area contributed by atoms with E-state index in [2.05, 4.69) is 9.99 Å². The van der Waals surface area contributed by atoms with Crippen molar-refractivity contribution in [3.05, 3.63) is 59.9 Å². The van der Waals surface area contributed by atoms with Gasteiger partial charge in [0.25, 0.3) is 5.91 Å². The summed E-state index contributed by atoms with van der Waals surface area (Å²) in [5, 5.41) is 3.47. The number of hydrogen-bond acceptors (Lipinski definition) is 4. The number of nitrogens with zero attached hydrogens (tertiary/aromatic N) is 2. The quantitative estimate of drug-likeness (QED) is 0.608. The summed E-state index contributed by atoms with van der Waals surface area (Å²) in [6.45, 7) is 0.251. The van der Waals surface area contributed by atoms with Crippen LogP contribution in [0.25, 0.3) is 0 Å². The van der Waals surface area contributed by atoms with E-state index in [-0.39, 0.29) is 18.3 Å². The monoisotopic (exact) mass is 316 g/mol. The van der Waals surface area contributed by atoms with Crippen molar-refractivity contribution in [2.75, 3.05) is 19.1 Å². The van der Waals surface area contributed by atoms with Gasteiger partial charge in [0.05, 0.1) is 5.69 Å². The minimum absolute atomic E-state index is 0.251. The van der Waals surface area contributed by atoms with Crippen molar-refractivity contribution in [3.8, 4) is 5.75 Å². The van der Waals surface area contributed by atoms with Crippen LogP contribution in [-0.4, -0.2) is 26.3 Å². The van der Waals surface area contributed by atoms with Gasteiger partial charge in [-0.2, -0.15) is 0 Å². The predicted octanol–water partition coefficient (Wildman–Crippen LogP) is 3.00. The molecule has 0 aromatic heterocycles. The van der Waals surface area contributed by atoms with Gasteiger partial charge in [0.2, 0.25) is 0 Å². The standard InChI is InChI=1S/C17H17FN2O3/c1-20(17(21)11-19-22-2)16-6-4-3-5-13(16)12-23-15-9-7-14(18)8-10-15/h3-11H,12H2,1-2H3. The molecular weight excluding hydrogens is 299 g/mol. The normalized spacial score (nSPS) is 10.6. The maximum Gasteiger partial charge on any atom is 0.272 e. The third-order valence-corrected chi connectivity index (χ3v) is 3.16. The fourth-order valence-corrected chi connectivity index (χ4v) is 1.96. The number of benzene rings is 2. The van der Waals surface area contributed by atoms with Gasteiger partial charge in [-0.05, 0) is 30.3 Å². The van der Waals surface area contributed by atoms with E-state index in [1.165, 1.54) is 24.1 Å². The van der Waals surface area contributed by atoms with Crippen LogP contribution >= 0.6 is 0 Å². The van der Waals surface area contributed by atoms with Crippen molar-refractivity contribution in [1.82, 2.24) is 0 Å². The van der Waals surface area contributed by atoms with E-state index < -0.39 is 0 Å². The molecule has 0 saturated carbocycles. The van der Waals surface area contributed by atoms with Crippen LogP contribution in [-0.2, 0) is 16.2 Å². The molecule has 0 aliphatic carbocycles. The Hall–Kier alpha value is -2.89. The number of halogens is 1. The van der Waals surface area contributed by atoms with E-state index in [1.807, 2.05) is 24.3 Å². The van der Waals surface area contributed by atoms with Gasteiger partial charge in [-0.3, -0.25) is 4.79 Å². The Morgan fingerprint density at radius 2 is 1.91 bits per heavy atom.